The summed E-state index contributed by atoms with van der Waals surface area (Å²) in [6.45, 7) is 8.85. The van der Waals surface area contributed by atoms with E-state index in [2.05, 4.69) is 37.7 Å². The molecule has 0 aliphatic rings. The number of hydrogen-bond donors (Lipinski definition) is 2. The van der Waals surface area contributed by atoms with E-state index in [0.29, 0.717) is 23.5 Å². The second-order valence-electron chi connectivity index (χ2n) is 6.64. The topological polar surface area (TPSA) is 88.5 Å². The summed E-state index contributed by atoms with van der Waals surface area (Å²) in [6, 6.07) is 0. The van der Waals surface area contributed by atoms with Gasteiger partial charge in [0.1, 0.15) is 5.39 Å². The molecule has 0 aliphatic heterocycles. The fraction of sp³-hybridized carbons (Fsp3) is 0.500. The zero-order chi connectivity index (χ0) is 17.3. The molecule has 0 spiro atoms. The highest BCUT2D eigenvalue weighted by molar-refractivity contribution is 7.09. The van der Waals surface area contributed by atoms with Crippen LogP contribution in [0, 0.1) is 0 Å². The normalized spacial score (nSPS) is 12.0. The smallest absolute Gasteiger partial charge is 0.263 e. The summed E-state index contributed by atoms with van der Waals surface area (Å²) >= 11 is 1.68. The molecule has 3 heterocycles. The molecule has 0 aromatic carbocycles. The highest BCUT2D eigenvalue weighted by atomic mass is 32.1. The Balaban J connectivity index is 1.78. The van der Waals surface area contributed by atoms with Crippen molar-refractivity contribution in [3.63, 3.8) is 0 Å². The van der Waals surface area contributed by atoms with E-state index in [0.717, 1.165) is 23.5 Å². The van der Waals surface area contributed by atoms with E-state index in [4.69, 9.17) is 0 Å². The van der Waals surface area contributed by atoms with Crippen molar-refractivity contribution in [2.75, 3.05) is 11.9 Å². The van der Waals surface area contributed by atoms with Gasteiger partial charge in [0.15, 0.2) is 5.65 Å². The van der Waals surface area contributed by atoms with Crippen LogP contribution in [0.2, 0.25) is 0 Å². The number of aromatic amines is 1. The van der Waals surface area contributed by atoms with Gasteiger partial charge < -0.3 is 5.32 Å². The third-order valence-corrected chi connectivity index (χ3v) is 4.69. The van der Waals surface area contributed by atoms with Crippen LogP contribution in [0.3, 0.4) is 0 Å². The lowest BCUT2D eigenvalue weighted by molar-refractivity contribution is 0.366. The van der Waals surface area contributed by atoms with Crippen molar-refractivity contribution < 1.29 is 0 Å². The Morgan fingerprint density at radius 3 is 2.79 bits per heavy atom. The predicted octanol–water partition coefficient (Wildman–Crippen LogP) is 2.55. The van der Waals surface area contributed by atoms with Crippen molar-refractivity contribution in [2.24, 2.45) is 0 Å². The molecule has 0 aliphatic carbocycles. The van der Waals surface area contributed by atoms with Crippen molar-refractivity contribution in [2.45, 2.75) is 46.1 Å². The molecule has 3 rings (SSSR count). The maximum atomic E-state index is 12.2. The Labute approximate surface area is 144 Å². The molecule has 0 bridgehead atoms. The number of nitrogens with one attached hydrogen (secondary N) is 2. The highest BCUT2D eigenvalue weighted by Crippen LogP contribution is 2.18. The lowest BCUT2D eigenvalue weighted by Gasteiger charge is -2.19. The lowest BCUT2D eigenvalue weighted by Crippen LogP contribution is -2.24. The van der Waals surface area contributed by atoms with E-state index in [1.807, 2.05) is 20.8 Å². The van der Waals surface area contributed by atoms with Gasteiger partial charge in [-0.25, -0.2) is 9.67 Å². The van der Waals surface area contributed by atoms with Crippen molar-refractivity contribution in [3.8, 4) is 0 Å². The SMILES string of the molecule is CCc1nc(CCNc2nc3c(cnn3C(C)(C)C)c(=O)[nH]2)cs1. The number of fused-ring (bicyclic) bond motifs is 1. The van der Waals surface area contributed by atoms with Crippen LogP contribution in [0.4, 0.5) is 5.95 Å². The molecule has 0 amide bonds. The second-order valence-corrected chi connectivity index (χ2v) is 7.58. The molecular formula is C16H22N6OS. The van der Waals surface area contributed by atoms with E-state index in [1.54, 1.807) is 22.2 Å². The Bertz CT molecular complexity index is 901. The van der Waals surface area contributed by atoms with Crippen LogP contribution in [0.5, 0.6) is 0 Å². The van der Waals surface area contributed by atoms with Crippen LogP contribution in [0.1, 0.15) is 38.4 Å². The Morgan fingerprint density at radius 2 is 2.12 bits per heavy atom. The first kappa shape index (κ1) is 16.6. The zero-order valence-corrected chi connectivity index (χ0v) is 15.2. The average Bonchev–Trinajstić information content (AvgIpc) is 3.13. The summed E-state index contributed by atoms with van der Waals surface area (Å²) < 4.78 is 1.77. The average molecular weight is 346 g/mol. The Kier molecular flexibility index (Phi) is 4.40. The van der Waals surface area contributed by atoms with Crippen LogP contribution in [0.15, 0.2) is 16.4 Å². The van der Waals surface area contributed by atoms with E-state index in [-0.39, 0.29) is 11.1 Å². The van der Waals surface area contributed by atoms with Crippen molar-refractivity contribution in [3.05, 3.63) is 32.6 Å². The van der Waals surface area contributed by atoms with Gasteiger partial charge in [-0.2, -0.15) is 10.1 Å². The largest absolute Gasteiger partial charge is 0.355 e. The first-order valence-electron chi connectivity index (χ1n) is 8.04. The van der Waals surface area contributed by atoms with Gasteiger partial charge >= 0.3 is 0 Å². The summed E-state index contributed by atoms with van der Waals surface area (Å²) in [5.74, 6) is 0.462. The molecule has 3 aromatic heterocycles. The molecular weight excluding hydrogens is 324 g/mol. The molecule has 0 unspecified atom stereocenters. The summed E-state index contributed by atoms with van der Waals surface area (Å²) in [4.78, 5) is 24.1. The first-order valence-corrected chi connectivity index (χ1v) is 8.92. The van der Waals surface area contributed by atoms with E-state index < -0.39 is 0 Å². The van der Waals surface area contributed by atoms with E-state index >= 15 is 0 Å². The summed E-state index contributed by atoms with van der Waals surface area (Å²) in [5.41, 5.74) is 1.24. The summed E-state index contributed by atoms with van der Waals surface area (Å²) in [7, 11) is 0. The van der Waals surface area contributed by atoms with Crippen LogP contribution in [0.25, 0.3) is 11.0 Å². The van der Waals surface area contributed by atoms with Crippen LogP contribution in [-0.2, 0) is 18.4 Å². The van der Waals surface area contributed by atoms with Crippen molar-refractivity contribution >= 4 is 28.3 Å². The second kappa shape index (κ2) is 6.35. The minimum absolute atomic E-state index is 0.181. The van der Waals surface area contributed by atoms with Gasteiger partial charge in [0.05, 0.1) is 22.4 Å². The number of rotatable bonds is 5. The first-order chi connectivity index (χ1) is 11.4. The Hall–Kier alpha value is -2.22. The number of hydrogen-bond acceptors (Lipinski definition) is 6. The molecule has 0 atom stereocenters. The van der Waals surface area contributed by atoms with Crippen molar-refractivity contribution in [1.82, 2.24) is 24.7 Å². The van der Waals surface area contributed by atoms with Gasteiger partial charge in [-0.1, -0.05) is 6.92 Å². The maximum Gasteiger partial charge on any atom is 0.263 e. The number of nitrogens with zero attached hydrogens (tertiary/aromatic N) is 4. The molecule has 3 aromatic rings. The molecule has 2 N–H and O–H groups in total. The molecule has 0 saturated carbocycles. The fourth-order valence-electron chi connectivity index (χ4n) is 2.43. The standard InChI is InChI=1S/C16H22N6OS/c1-5-12-19-10(9-24-12)6-7-17-15-20-13-11(14(23)21-15)8-18-22(13)16(2,3)4/h8-9H,5-7H2,1-4H3,(H2,17,20,21,23). The molecule has 0 saturated heterocycles. The van der Waals surface area contributed by atoms with Gasteiger partial charge in [0.25, 0.3) is 5.56 Å². The third-order valence-electron chi connectivity index (χ3n) is 3.65. The van der Waals surface area contributed by atoms with Gasteiger partial charge in [-0.3, -0.25) is 9.78 Å². The zero-order valence-electron chi connectivity index (χ0n) is 14.4. The summed E-state index contributed by atoms with van der Waals surface area (Å²) in [6.07, 6.45) is 3.31. The van der Waals surface area contributed by atoms with Gasteiger partial charge in [-0.15, -0.1) is 11.3 Å². The van der Waals surface area contributed by atoms with E-state index in [1.165, 1.54) is 0 Å². The van der Waals surface area contributed by atoms with Crippen LogP contribution < -0.4 is 10.9 Å². The number of H-pyrrole nitrogens is 1. The Morgan fingerprint density at radius 1 is 1.33 bits per heavy atom. The van der Waals surface area contributed by atoms with Gasteiger partial charge in [0.2, 0.25) is 5.95 Å². The van der Waals surface area contributed by atoms with Crippen molar-refractivity contribution in [1.29, 1.82) is 0 Å². The van der Waals surface area contributed by atoms with Crippen LogP contribution >= 0.6 is 11.3 Å². The van der Waals surface area contributed by atoms with Crippen LogP contribution in [-0.4, -0.2) is 31.3 Å². The summed E-state index contributed by atoms with van der Waals surface area (Å²) in [5, 5.41) is 11.2. The number of anilines is 1. The fourth-order valence-corrected chi connectivity index (χ4v) is 3.21. The molecule has 24 heavy (non-hydrogen) atoms. The van der Waals surface area contributed by atoms with Gasteiger partial charge in [0, 0.05) is 18.3 Å². The number of thiazole rings is 1. The number of aryl methyl sites for hydroxylation is 1. The lowest BCUT2D eigenvalue weighted by atomic mass is 10.1. The van der Waals surface area contributed by atoms with E-state index in [9.17, 15) is 4.79 Å². The minimum Gasteiger partial charge on any atom is -0.355 e. The monoisotopic (exact) mass is 346 g/mol. The molecule has 0 fully saturated rings. The molecule has 0 radical (unpaired) electrons. The minimum atomic E-state index is -0.239. The molecule has 128 valence electrons. The molecule has 8 heteroatoms. The molecule has 7 nitrogen and oxygen atoms in total. The van der Waals surface area contributed by atoms with Gasteiger partial charge in [-0.05, 0) is 27.2 Å². The maximum absolute atomic E-state index is 12.2. The quantitative estimate of drug-likeness (QED) is 0.741. The third kappa shape index (κ3) is 3.33. The highest BCUT2D eigenvalue weighted by Gasteiger charge is 2.19. The predicted molar refractivity (Wildman–Crippen MR) is 96.8 cm³/mol. The number of aromatic nitrogens is 5.